The Kier molecular flexibility index (Phi) is 4.09. The van der Waals surface area contributed by atoms with Crippen molar-refractivity contribution >= 4 is 9.73 Å². The lowest BCUT2D eigenvalue weighted by Crippen LogP contribution is -2.07. The molecule has 0 aromatic heterocycles. The van der Waals surface area contributed by atoms with Crippen LogP contribution in [0.4, 0.5) is 0 Å². The van der Waals surface area contributed by atoms with Crippen LogP contribution in [-0.2, 0) is 9.73 Å². The third-order valence-electron chi connectivity index (χ3n) is 2.32. The SMILES string of the molecule is C/C=C(\C)C[S@@](=O)(=NC)c1ccccc1. The molecule has 0 saturated heterocycles. The molecule has 0 radical (unpaired) electrons. The zero-order chi connectivity index (χ0) is 11.3. The third kappa shape index (κ3) is 2.93. The Bertz CT molecular complexity index is 454. The van der Waals surface area contributed by atoms with Crippen molar-refractivity contribution in [1.82, 2.24) is 0 Å². The van der Waals surface area contributed by atoms with Crippen molar-refractivity contribution in [1.29, 1.82) is 0 Å². The predicted molar refractivity (Wildman–Crippen MR) is 65.5 cm³/mol. The van der Waals surface area contributed by atoms with E-state index in [4.69, 9.17) is 0 Å². The maximum atomic E-state index is 12.5. The molecule has 0 heterocycles. The van der Waals surface area contributed by atoms with Gasteiger partial charge in [-0.2, -0.15) is 0 Å². The first kappa shape index (κ1) is 12.0. The Morgan fingerprint density at radius 3 is 2.47 bits per heavy atom. The van der Waals surface area contributed by atoms with Crippen LogP contribution in [0, 0.1) is 0 Å². The summed E-state index contributed by atoms with van der Waals surface area (Å²) in [7, 11) is -0.637. The van der Waals surface area contributed by atoms with Gasteiger partial charge in [-0.05, 0) is 26.0 Å². The van der Waals surface area contributed by atoms with Crippen LogP contribution in [-0.4, -0.2) is 17.0 Å². The molecule has 1 atom stereocenters. The van der Waals surface area contributed by atoms with Crippen LogP contribution in [0.15, 0.2) is 51.2 Å². The predicted octanol–water partition coefficient (Wildman–Crippen LogP) is 3.11. The Labute approximate surface area is 92.2 Å². The van der Waals surface area contributed by atoms with E-state index in [1.807, 2.05) is 50.3 Å². The zero-order valence-corrected chi connectivity index (χ0v) is 10.3. The molecule has 0 aliphatic rings. The molecule has 0 aliphatic carbocycles. The highest BCUT2D eigenvalue weighted by molar-refractivity contribution is 7.93. The van der Waals surface area contributed by atoms with Gasteiger partial charge in [-0.3, -0.25) is 0 Å². The van der Waals surface area contributed by atoms with Crippen molar-refractivity contribution in [2.75, 3.05) is 12.8 Å². The first-order valence-electron chi connectivity index (χ1n) is 4.92. The van der Waals surface area contributed by atoms with E-state index in [0.29, 0.717) is 5.75 Å². The topological polar surface area (TPSA) is 29.4 Å². The second-order valence-corrected chi connectivity index (χ2v) is 5.82. The van der Waals surface area contributed by atoms with Gasteiger partial charge in [0.05, 0.1) is 15.5 Å². The highest BCUT2D eigenvalue weighted by Crippen LogP contribution is 2.15. The van der Waals surface area contributed by atoms with Crippen molar-refractivity contribution in [3.05, 3.63) is 42.0 Å². The van der Waals surface area contributed by atoms with E-state index in [2.05, 4.69) is 4.36 Å². The van der Waals surface area contributed by atoms with Gasteiger partial charge in [0.25, 0.3) is 0 Å². The Morgan fingerprint density at radius 2 is 2.00 bits per heavy atom. The van der Waals surface area contributed by atoms with Gasteiger partial charge in [-0.1, -0.05) is 29.8 Å². The molecule has 2 nitrogen and oxygen atoms in total. The standard InChI is InChI=1S/C12H17NOS/c1-4-11(2)10-15(14,13-3)12-8-6-5-7-9-12/h4-9H,10H2,1-3H3/b11-4+/t15-/m0/s1. The maximum absolute atomic E-state index is 12.5. The molecule has 0 spiro atoms. The summed E-state index contributed by atoms with van der Waals surface area (Å²) in [6, 6.07) is 9.45. The zero-order valence-electron chi connectivity index (χ0n) is 9.43. The summed E-state index contributed by atoms with van der Waals surface area (Å²) in [5.41, 5.74) is 1.11. The van der Waals surface area contributed by atoms with Crippen LogP contribution < -0.4 is 0 Å². The summed E-state index contributed by atoms with van der Waals surface area (Å²) in [5, 5.41) is 0. The van der Waals surface area contributed by atoms with Crippen molar-refractivity contribution in [3.63, 3.8) is 0 Å². The highest BCUT2D eigenvalue weighted by atomic mass is 32.2. The monoisotopic (exact) mass is 223 g/mol. The minimum atomic E-state index is -2.26. The van der Waals surface area contributed by atoms with E-state index in [0.717, 1.165) is 10.5 Å². The lowest BCUT2D eigenvalue weighted by Gasteiger charge is -2.09. The number of allylic oxidation sites excluding steroid dienone is 1. The summed E-state index contributed by atoms with van der Waals surface area (Å²) in [6.07, 6.45) is 1.98. The number of nitrogens with zero attached hydrogens (tertiary/aromatic N) is 1. The van der Waals surface area contributed by atoms with Crippen LogP contribution in [0.3, 0.4) is 0 Å². The molecule has 15 heavy (non-hydrogen) atoms. The molecule has 0 saturated carbocycles. The Morgan fingerprint density at radius 1 is 1.40 bits per heavy atom. The van der Waals surface area contributed by atoms with Crippen LogP contribution >= 0.6 is 0 Å². The van der Waals surface area contributed by atoms with Crippen molar-refractivity contribution < 1.29 is 4.21 Å². The fourth-order valence-corrected chi connectivity index (χ4v) is 3.15. The Balaban J connectivity index is 3.14. The average Bonchev–Trinajstić information content (AvgIpc) is 2.30. The largest absolute Gasteiger partial charge is 0.244 e. The quantitative estimate of drug-likeness (QED) is 0.724. The second kappa shape index (κ2) is 5.12. The number of rotatable bonds is 3. The van der Waals surface area contributed by atoms with E-state index >= 15 is 0 Å². The molecule has 1 rings (SSSR count). The van der Waals surface area contributed by atoms with Crippen LogP contribution in [0.2, 0.25) is 0 Å². The maximum Gasteiger partial charge on any atom is 0.0788 e. The molecule has 1 aromatic rings. The molecule has 1 aromatic carbocycles. The molecule has 0 fully saturated rings. The normalized spacial score (nSPS) is 15.8. The number of hydrogen-bond acceptors (Lipinski definition) is 2. The highest BCUT2D eigenvalue weighted by Gasteiger charge is 2.11. The Hall–Kier alpha value is -1.09. The van der Waals surface area contributed by atoms with Crippen molar-refractivity contribution in [2.45, 2.75) is 18.7 Å². The lowest BCUT2D eigenvalue weighted by atomic mass is 10.3. The first-order chi connectivity index (χ1) is 7.12. The van der Waals surface area contributed by atoms with Gasteiger partial charge in [0, 0.05) is 11.9 Å². The van der Waals surface area contributed by atoms with Gasteiger partial charge in [-0.25, -0.2) is 8.57 Å². The van der Waals surface area contributed by atoms with Gasteiger partial charge in [-0.15, -0.1) is 0 Å². The van der Waals surface area contributed by atoms with E-state index in [1.165, 1.54) is 0 Å². The minimum Gasteiger partial charge on any atom is -0.244 e. The fourth-order valence-electron chi connectivity index (χ4n) is 1.28. The van der Waals surface area contributed by atoms with Gasteiger partial charge >= 0.3 is 0 Å². The first-order valence-corrected chi connectivity index (χ1v) is 6.60. The number of hydrogen-bond donors (Lipinski definition) is 0. The number of benzene rings is 1. The average molecular weight is 223 g/mol. The van der Waals surface area contributed by atoms with Gasteiger partial charge in [0.15, 0.2) is 0 Å². The molecule has 0 N–H and O–H groups in total. The summed E-state index contributed by atoms with van der Waals surface area (Å²) in [4.78, 5) is 0.814. The van der Waals surface area contributed by atoms with Crippen LogP contribution in [0.1, 0.15) is 13.8 Å². The summed E-state index contributed by atoms with van der Waals surface area (Å²) < 4.78 is 16.6. The van der Waals surface area contributed by atoms with Crippen molar-refractivity contribution in [2.24, 2.45) is 4.36 Å². The summed E-state index contributed by atoms with van der Waals surface area (Å²) in [5.74, 6) is 0.518. The minimum absolute atomic E-state index is 0.518. The summed E-state index contributed by atoms with van der Waals surface area (Å²) >= 11 is 0. The van der Waals surface area contributed by atoms with E-state index in [-0.39, 0.29) is 0 Å². The molecule has 0 unspecified atom stereocenters. The van der Waals surface area contributed by atoms with E-state index in [9.17, 15) is 4.21 Å². The summed E-state index contributed by atoms with van der Waals surface area (Å²) in [6.45, 7) is 3.93. The van der Waals surface area contributed by atoms with Gasteiger partial charge < -0.3 is 0 Å². The van der Waals surface area contributed by atoms with Crippen LogP contribution in [0.5, 0.6) is 0 Å². The second-order valence-electron chi connectivity index (χ2n) is 3.42. The van der Waals surface area contributed by atoms with E-state index in [1.54, 1.807) is 7.05 Å². The van der Waals surface area contributed by atoms with Crippen LogP contribution in [0.25, 0.3) is 0 Å². The molecule has 3 heteroatoms. The molecule has 82 valence electrons. The molecular formula is C12H17NOS. The molecule has 0 bridgehead atoms. The van der Waals surface area contributed by atoms with E-state index < -0.39 is 9.73 Å². The molecular weight excluding hydrogens is 206 g/mol. The third-order valence-corrected chi connectivity index (χ3v) is 4.77. The lowest BCUT2D eigenvalue weighted by molar-refractivity contribution is 0.677. The fraction of sp³-hybridized carbons (Fsp3) is 0.333. The van der Waals surface area contributed by atoms with Gasteiger partial charge in [0.2, 0.25) is 0 Å². The molecule has 0 amide bonds. The molecule has 0 aliphatic heterocycles. The smallest absolute Gasteiger partial charge is 0.0788 e. The van der Waals surface area contributed by atoms with Crippen molar-refractivity contribution in [3.8, 4) is 0 Å². The van der Waals surface area contributed by atoms with Gasteiger partial charge in [0.1, 0.15) is 0 Å².